The van der Waals surface area contributed by atoms with Gasteiger partial charge in [0.1, 0.15) is 5.75 Å². The predicted molar refractivity (Wildman–Crippen MR) is 124 cm³/mol. The monoisotopic (exact) mass is 549 g/mol. The summed E-state index contributed by atoms with van der Waals surface area (Å²) < 4.78 is 30.8. The van der Waals surface area contributed by atoms with Crippen molar-refractivity contribution in [2.45, 2.75) is 23.1 Å². The van der Waals surface area contributed by atoms with Crippen LogP contribution < -0.4 is 10.1 Å². The number of aryl methyl sites for hydroxylation is 1. The third kappa shape index (κ3) is 8.53. The molecule has 0 atom stereocenters. The van der Waals surface area contributed by atoms with Crippen LogP contribution in [0.15, 0.2) is 52.3 Å². The van der Waals surface area contributed by atoms with Crippen molar-refractivity contribution in [2.24, 2.45) is 0 Å². The van der Waals surface area contributed by atoms with Crippen molar-refractivity contribution in [1.82, 2.24) is 5.32 Å². The molecule has 0 saturated heterocycles. The minimum absolute atomic E-state index is 0.130. The van der Waals surface area contributed by atoms with Crippen molar-refractivity contribution in [1.29, 1.82) is 0 Å². The first kappa shape index (κ1) is 24.0. The molecule has 0 radical (unpaired) electrons. The minimum Gasteiger partial charge on any atom is -0.482 e. The zero-order valence-electron chi connectivity index (χ0n) is 16.1. The Labute approximate surface area is 189 Å². The molecule has 2 aromatic carbocycles. The van der Waals surface area contributed by atoms with E-state index in [4.69, 9.17) is 9.84 Å². The summed E-state index contributed by atoms with van der Waals surface area (Å²) in [5, 5.41) is 11.9. The van der Waals surface area contributed by atoms with Crippen LogP contribution in [0.3, 0.4) is 0 Å². The minimum atomic E-state index is -3.23. The number of sulfone groups is 1. The Morgan fingerprint density at radius 1 is 1.17 bits per heavy atom. The second-order valence-corrected chi connectivity index (χ2v) is 10.9. The number of carboxylic acid groups (broad SMARTS) is 1. The molecule has 0 saturated carbocycles. The van der Waals surface area contributed by atoms with Crippen molar-refractivity contribution in [2.75, 3.05) is 31.2 Å². The molecule has 2 rings (SSSR count). The smallest absolute Gasteiger partial charge is 0.341 e. The Morgan fingerprint density at radius 2 is 1.90 bits per heavy atom. The summed E-state index contributed by atoms with van der Waals surface area (Å²) >= 11 is 3.83. The predicted octanol–water partition coefficient (Wildman–Crippen LogP) is 3.61. The molecule has 0 aliphatic heterocycles. The molecule has 0 unspecified atom stereocenters. The van der Waals surface area contributed by atoms with Crippen LogP contribution in [0, 0.1) is 10.5 Å². The molecule has 0 aromatic heterocycles. The van der Waals surface area contributed by atoms with Crippen LogP contribution >= 0.6 is 34.4 Å². The number of rotatable bonds is 12. The van der Waals surface area contributed by atoms with Gasteiger partial charge in [0.25, 0.3) is 0 Å². The molecule has 2 aromatic rings. The summed E-state index contributed by atoms with van der Waals surface area (Å²) in [5.41, 5.74) is 0.894. The van der Waals surface area contributed by atoms with Crippen LogP contribution in [-0.4, -0.2) is 50.7 Å². The van der Waals surface area contributed by atoms with E-state index in [1.807, 2.05) is 19.1 Å². The fourth-order valence-electron chi connectivity index (χ4n) is 2.53. The molecule has 0 amide bonds. The molecule has 0 bridgehead atoms. The average molecular weight is 549 g/mol. The van der Waals surface area contributed by atoms with E-state index in [0.717, 1.165) is 26.3 Å². The average Bonchev–Trinajstić information content (AvgIpc) is 2.66. The Balaban J connectivity index is 1.65. The molecule has 29 heavy (non-hydrogen) atoms. The maximum atomic E-state index is 12.3. The van der Waals surface area contributed by atoms with Crippen LogP contribution in [0.2, 0.25) is 0 Å². The number of hydrogen-bond donors (Lipinski definition) is 2. The van der Waals surface area contributed by atoms with Crippen LogP contribution in [0.4, 0.5) is 0 Å². The highest BCUT2D eigenvalue weighted by Gasteiger charge is 2.13. The van der Waals surface area contributed by atoms with Crippen LogP contribution in [-0.2, 0) is 14.6 Å². The summed E-state index contributed by atoms with van der Waals surface area (Å²) in [6.07, 6.45) is 0.563. The summed E-state index contributed by atoms with van der Waals surface area (Å²) in [4.78, 5) is 12.0. The molecule has 0 aliphatic rings. The van der Waals surface area contributed by atoms with E-state index < -0.39 is 15.8 Å². The van der Waals surface area contributed by atoms with Gasteiger partial charge in [-0.05, 0) is 90.5 Å². The van der Waals surface area contributed by atoms with Crippen molar-refractivity contribution in [3.05, 3.63) is 51.6 Å². The maximum Gasteiger partial charge on any atom is 0.341 e. The SMILES string of the molecule is Cc1cc(SCCNCCCS(=O)(=O)c2ccc(I)cc2)ccc1OCC(=O)O. The molecular formula is C20H24INO5S2. The van der Waals surface area contributed by atoms with Gasteiger partial charge in [0.15, 0.2) is 16.4 Å². The lowest BCUT2D eigenvalue weighted by Gasteiger charge is -2.09. The van der Waals surface area contributed by atoms with Gasteiger partial charge >= 0.3 is 5.97 Å². The zero-order valence-corrected chi connectivity index (χ0v) is 19.8. The van der Waals surface area contributed by atoms with E-state index in [2.05, 4.69) is 27.9 Å². The number of nitrogens with one attached hydrogen (secondary N) is 1. The van der Waals surface area contributed by atoms with Gasteiger partial charge in [-0.1, -0.05) is 0 Å². The van der Waals surface area contributed by atoms with Crippen molar-refractivity contribution >= 4 is 50.2 Å². The Bertz CT molecular complexity index is 917. The standard InChI is InChI=1S/C20H24INO5S2/c1-15-13-17(5-8-19(15)27-14-20(23)24)28-11-10-22-9-2-12-29(25,26)18-6-3-16(21)4-7-18/h3-8,13,22H,2,9-12,14H2,1H3,(H,23,24). The molecular weight excluding hydrogens is 525 g/mol. The number of aliphatic carboxylic acids is 1. The van der Waals surface area contributed by atoms with Gasteiger partial charge in [-0.25, -0.2) is 13.2 Å². The second-order valence-electron chi connectivity index (χ2n) is 6.33. The largest absolute Gasteiger partial charge is 0.482 e. The number of carbonyl (C=O) groups is 1. The molecule has 2 N–H and O–H groups in total. The first-order valence-corrected chi connectivity index (χ1v) is 12.8. The summed E-state index contributed by atoms with van der Waals surface area (Å²) in [7, 11) is -3.23. The van der Waals surface area contributed by atoms with Crippen molar-refractivity contribution < 1.29 is 23.1 Å². The molecule has 0 aliphatic carbocycles. The van der Waals surface area contributed by atoms with Crippen LogP contribution in [0.25, 0.3) is 0 Å². The van der Waals surface area contributed by atoms with E-state index in [1.54, 1.807) is 42.1 Å². The highest BCUT2D eigenvalue weighted by molar-refractivity contribution is 14.1. The number of ether oxygens (including phenoxy) is 1. The second kappa shape index (κ2) is 11.8. The van der Waals surface area contributed by atoms with Gasteiger partial charge in [0, 0.05) is 20.8 Å². The molecule has 158 valence electrons. The van der Waals surface area contributed by atoms with Crippen LogP contribution in [0.5, 0.6) is 5.75 Å². The van der Waals surface area contributed by atoms with E-state index in [0.29, 0.717) is 23.6 Å². The first-order chi connectivity index (χ1) is 13.8. The number of hydrogen-bond acceptors (Lipinski definition) is 6. The summed E-state index contributed by atoms with van der Waals surface area (Å²) in [6, 6.07) is 12.6. The number of benzene rings is 2. The van der Waals surface area contributed by atoms with Gasteiger partial charge < -0.3 is 15.2 Å². The zero-order chi connectivity index (χ0) is 21.3. The number of thioether (sulfide) groups is 1. The third-order valence-corrected chi connectivity index (χ3v) is 7.52. The highest BCUT2D eigenvalue weighted by atomic mass is 127. The van der Waals surface area contributed by atoms with Gasteiger partial charge in [0.05, 0.1) is 10.6 Å². The summed E-state index contributed by atoms with van der Waals surface area (Å²) in [6.45, 7) is 2.94. The molecule has 0 heterocycles. The van der Waals surface area contributed by atoms with Crippen molar-refractivity contribution in [3.8, 4) is 5.75 Å². The fraction of sp³-hybridized carbons (Fsp3) is 0.350. The number of halogens is 1. The molecule has 9 heteroatoms. The maximum absolute atomic E-state index is 12.3. The van der Waals surface area contributed by atoms with Crippen LogP contribution in [0.1, 0.15) is 12.0 Å². The normalized spacial score (nSPS) is 11.4. The first-order valence-electron chi connectivity index (χ1n) is 9.05. The van der Waals surface area contributed by atoms with Gasteiger partial charge in [-0.3, -0.25) is 0 Å². The van der Waals surface area contributed by atoms with Gasteiger partial charge in [0.2, 0.25) is 0 Å². The van der Waals surface area contributed by atoms with E-state index in [9.17, 15) is 13.2 Å². The fourth-order valence-corrected chi connectivity index (χ4v) is 5.10. The Kier molecular flexibility index (Phi) is 9.73. The Hall–Kier alpha value is -1.30. The van der Waals surface area contributed by atoms with Gasteiger partial charge in [-0.2, -0.15) is 0 Å². The summed E-state index contributed by atoms with van der Waals surface area (Å²) in [5.74, 6) is 0.549. The number of carboxylic acids is 1. The molecule has 0 fully saturated rings. The third-order valence-electron chi connectivity index (χ3n) is 3.98. The lowest BCUT2D eigenvalue weighted by Crippen LogP contribution is -2.21. The lowest BCUT2D eigenvalue weighted by molar-refractivity contribution is -0.139. The van der Waals surface area contributed by atoms with Crippen molar-refractivity contribution in [3.63, 3.8) is 0 Å². The lowest BCUT2D eigenvalue weighted by atomic mass is 10.2. The van der Waals surface area contributed by atoms with Gasteiger partial charge in [-0.15, -0.1) is 11.8 Å². The van der Waals surface area contributed by atoms with E-state index in [-0.39, 0.29) is 12.4 Å². The van der Waals surface area contributed by atoms with E-state index >= 15 is 0 Å². The molecule has 0 spiro atoms. The highest BCUT2D eigenvalue weighted by Crippen LogP contribution is 2.25. The molecule has 6 nitrogen and oxygen atoms in total. The Morgan fingerprint density at radius 3 is 2.55 bits per heavy atom. The topological polar surface area (TPSA) is 92.7 Å². The quantitative estimate of drug-likeness (QED) is 0.238. The van der Waals surface area contributed by atoms with E-state index in [1.165, 1.54) is 0 Å².